The summed E-state index contributed by atoms with van der Waals surface area (Å²) in [6.07, 6.45) is 0.199. The van der Waals surface area contributed by atoms with Crippen LogP contribution in [0, 0.1) is 0 Å². The summed E-state index contributed by atoms with van der Waals surface area (Å²) in [6, 6.07) is 19.7. The number of ketones is 2. The number of anilines is 4. The summed E-state index contributed by atoms with van der Waals surface area (Å²) in [6.45, 7) is 2.31. The van der Waals surface area contributed by atoms with Crippen LogP contribution in [0.3, 0.4) is 0 Å². The number of azo groups is 2. The second-order valence-electron chi connectivity index (χ2n) is 14.4. The summed E-state index contributed by atoms with van der Waals surface area (Å²) in [5.74, 6) is -2.57. The zero-order valence-electron chi connectivity index (χ0n) is 36.1. The molecule has 0 bridgehead atoms. The van der Waals surface area contributed by atoms with E-state index < -0.39 is 47.3 Å². The number of amides is 4. The fourth-order valence-corrected chi connectivity index (χ4v) is 6.94. The van der Waals surface area contributed by atoms with Gasteiger partial charge in [-0.1, -0.05) is 23.2 Å². The third-order valence-corrected chi connectivity index (χ3v) is 10.9. The van der Waals surface area contributed by atoms with Crippen molar-refractivity contribution in [1.29, 1.82) is 0 Å². The summed E-state index contributed by atoms with van der Waals surface area (Å²) < 4.78 is 10.6. The number of Topliss-reactive ketones (excluding diaryl/α,β-unsaturated/α-hetero) is 2. The van der Waals surface area contributed by atoms with Crippen LogP contribution in [0.4, 0.5) is 34.1 Å². The predicted octanol–water partition coefficient (Wildman–Crippen LogP) is 11.1. The fraction of sp³-hybridized carbons (Fsp3) is 0.217. The van der Waals surface area contributed by atoms with Gasteiger partial charge in [-0.05, 0) is 116 Å². The van der Waals surface area contributed by atoms with Crippen molar-refractivity contribution in [3.63, 3.8) is 0 Å². The first-order valence-electron chi connectivity index (χ1n) is 19.9. The Labute approximate surface area is 409 Å². The summed E-state index contributed by atoms with van der Waals surface area (Å²) in [5, 5.41) is 27.1. The molecule has 0 fully saturated rings. The van der Waals surface area contributed by atoms with Crippen molar-refractivity contribution >= 4 is 127 Å². The lowest BCUT2D eigenvalue weighted by atomic mass is 10.1. The molecule has 0 saturated carbocycles. The van der Waals surface area contributed by atoms with E-state index in [0.29, 0.717) is 28.4 Å². The maximum absolute atomic E-state index is 13.5. The second-order valence-corrected chi connectivity index (χ2v) is 16.1. The average molecular weight is 1010 g/mol. The molecule has 0 radical (unpaired) electrons. The maximum Gasteiger partial charge on any atom is 0.258 e. The molecule has 0 saturated heterocycles. The molecular weight excluding hydrogens is 970 g/mol. The summed E-state index contributed by atoms with van der Waals surface area (Å²) in [4.78, 5) is 78.7. The van der Waals surface area contributed by atoms with Crippen LogP contribution in [-0.4, -0.2) is 67.4 Å². The number of carbonyl (C=O) groups excluding carboxylic acids is 6. The van der Waals surface area contributed by atoms with E-state index in [1.54, 1.807) is 36.4 Å². The van der Waals surface area contributed by atoms with Gasteiger partial charge >= 0.3 is 0 Å². The lowest BCUT2D eigenvalue weighted by molar-refractivity contribution is -0.127. The van der Waals surface area contributed by atoms with Gasteiger partial charge in [0.15, 0.2) is 11.6 Å². The third kappa shape index (κ3) is 14.3. The van der Waals surface area contributed by atoms with Crippen molar-refractivity contribution in [2.24, 2.45) is 20.5 Å². The lowest BCUT2D eigenvalue weighted by Crippen LogP contribution is -2.32. The second kappa shape index (κ2) is 24.4. The van der Waals surface area contributed by atoms with Crippen molar-refractivity contribution in [1.82, 2.24) is 0 Å². The molecular formula is C46H41Cl5N8O8. The predicted molar refractivity (Wildman–Crippen MR) is 260 cm³/mol. The van der Waals surface area contributed by atoms with Crippen molar-refractivity contribution in [2.75, 3.05) is 41.4 Å². The molecule has 4 N–H and O–H groups in total. The summed E-state index contributed by atoms with van der Waals surface area (Å²) in [7, 11) is 2.97. The standard InChI is InChI=1S/C46H41Cl5N8O8/c1-24(60)41(58-56-39-18-29(5-8-36(39)50)43(62)53-32-13-26(22-48)15-34(20-32)66-3)45(64)52-31-7-10-38(28(17-31)11-12-47)55-46(65)42(25(2)61)59-57-40-19-30(6-9-37(40)51)44(63)54-33-14-27(23-49)16-35(21-33)67-4/h5-10,13-21,41-42H,11-12,22-23H2,1-4H3,(H,52,64)(H,53,62)(H,54,63)(H,55,65). The molecule has 5 aromatic rings. The number of methoxy groups -OCH3 is 2. The van der Waals surface area contributed by atoms with E-state index in [2.05, 4.69) is 41.7 Å². The smallest absolute Gasteiger partial charge is 0.258 e. The molecule has 5 rings (SSSR count). The average Bonchev–Trinajstić information content (AvgIpc) is 3.30. The number of benzene rings is 5. The van der Waals surface area contributed by atoms with Gasteiger partial charge in [0.05, 0.1) is 24.3 Å². The number of hydrogen-bond donors (Lipinski definition) is 4. The molecule has 16 nitrogen and oxygen atoms in total. The minimum atomic E-state index is -1.63. The van der Waals surface area contributed by atoms with E-state index in [1.807, 2.05) is 0 Å². The first kappa shape index (κ1) is 51.6. The number of rotatable bonds is 20. The van der Waals surface area contributed by atoms with E-state index in [1.165, 1.54) is 68.8 Å². The van der Waals surface area contributed by atoms with Crippen LogP contribution in [0.5, 0.6) is 11.5 Å². The number of carbonyl (C=O) groups is 6. The highest BCUT2D eigenvalue weighted by molar-refractivity contribution is 6.33. The highest BCUT2D eigenvalue weighted by Gasteiger charge is 2.26. The van der Waals surface area contributed by atoms with Crippen LogP contribution in [0.1, 0.15) is 51.3 Å². The van der Waals surface area contributed by atoms with Crippen LogP contribution in [0.25, 0.3) is 0 Å². The quantitative estimate of drug-likeness (QED) is 0.0333. The van der Waals surface area contributed by atoms with Crippen molar-refractivity contribution in [3.8, 4) is 11.5 Å². The normalized spacial score (nSPS) is 12.0. The minimum absolute atomic E-state index is 0.0121. The number of ether oxygens (including phenoxy) is 2. The van der Waals surface area contributed by atoms with E-state index >= 15 is 0 Å². The molecule has 0 aliphatic heterocycles. The van der Waals surface area contributed by atoms with E-state index in [4.69, 9.17) is 67.5 Å². The molecule has 0 heterocycles. The van der Waals surface area contributed by atoms with Crippen LogP contribution in [-0.2, 0) is 37.4 Å². The van der Waals surface area contributed by atoms with E-state index in [-0.39, 0.29) is 68.0 Å². The van der Waals surface area contributed by atoms with Gasteiger partial charge < -0.3 is 30.7 Å². The van der Waals surface area contributed by atoms with Crippen LogP contribution in [0.15, 0.2) is 111 Å². The third-order valence-electron chi connectivity index (χ3n) is 9.47. The first-order chi connectivity index (χ1) is 32.0. The monoisotopic (exact) mass is 1010 g/mol. The largest absolute Gasteiger partial charge is 0.497 e. The Bertz CT molecular complexity index is 2730. The van der Waals surface area contributed by atoms with Crippen molar-refractivity contribution < 1.29 is 38.2 Å². The zero-order valence-corrected chi connectivity index (χ0v) is 39.9. The molecule has 348 valence electrons. The number of halogens is 5. The Hall–Kier alpha value is -6.43. The van der Waals surface area contributed by atoms with Gasteiger partial charge in [0.25, 0.3) is 23.6 Å². The number of hydrogen-bond acceptors (Lipinski definition) is 12. The van der Waals surface area contributed by atoms with Crippen LogP contribution in [0.2, 0.25) is 10.0 Å². The van der Waals surface area contributed by atoms with Gasteiger partial charge in [-0.3, -0.25) is 28.8 Å². The summed E-state index contributed by atoms with van der Waals surface area (Å²) >= 11 is 30.8. The molecule has 0 aromatic heterocycles. The van der Waals surface area contributed by atoms with Crippen LogP contribution < -0.4 is 30.7 Å². The Kier molecular flexibility index (Phi) is 18.8. The van der Waals surface area contributed by atoms with Crippen molar-refractivity contribution in [3.05, 3.63) is 129 Å². The fourth-order valence-electron chi connectivity index (χ4n) is 6.11. The Morgan fingerprint density at radius 1 is 0.552 bits per heavy atom. The molecule has 67 heavy (non-hydrogen) atoms. The highest BCUT2D eigenvalue weighted by Crippen LogP contribution is 2.31. The minimum Gasteiger partial charge on any atom is -0.497 e. The molecule has 0 aliphatic rings. The lowest BCUT2D eigenvalue weighted by Gasteiger charge is -2.15. The molecule has 21 heteroatoms. The zero-order chi connectivity index (χ0) is 48.8. The number of alkyl halides is 3. The highest BCUT2D eigenvalue weighted by atomic mass is 35.5. The molecule has 2 atom stereocenters. The Morgan fingerprint density at radius 2 is 1.01 bits per heavy atom. The topological polar surface area (TPSA) is 218 Å². The number of nitrogens with one attached hydrogen (secondary N) is 4. The number of aryl methyl sites for hydroxylation is 1. The van der Waals surface area contributed by atoms with E-state index in [9.17, 15) is 28.8 Å². The van der Waals surface area contributed by atoms with Crippen LogP contribution >= 0.6 is 58.0 Å². The molecule has 0 aliphatic carbocycles. The van der Waals surface area contributed by atoms with Crippen molar-refractivity contribution in [2.45, 2.75) is 44.1 Å². The van der Waals surface area contributed by atoms with Gasteiger partial charge in [-0.2, -0.15) is 20.5 Å². The van der Waals surface area contributed by atoms with Gasteiger partial charge in [0.1, 0.15) is 22.9 Å². The summed E-state index contributed by atoms with van der Waals surface area (Å²) in [5.41, 5.74) is 3.53. The molecule has 5 aromatic carbocycles. The van der Waals surface area contributed by atoms with Gasteiger partial charge in [-0.25, -0.2) is 0 Å². The molecule has 4 amide bonds. The van der Waals surface area contributed by atoms with Gasteiger partial charge in [0.2, 0.25) is 12.1 Å². The van der Waals surface area contributed by atoms with Gasteiger partial charge in [-0.15, -0.1) is 34.8 Å². The van der Waals surface area contributed by atoms with Gasteiger partial charge in [0, 0.05) is 63.6 Å². The Morgan fingerprint density at radius 3 is 1.43 bits per heavy atom. The molecule has 2 unspecified atom stereocenters. The Balaban J connectivity index is 1.28. The number of nitrogens with zero attached hydrogens (tertiary/aromatic N) is 4. The maximum atomic E-state index is 13.5. The first-order valence-corrected chi connectivity index (χ1v) is 22.2. The van der Waals surface area contributed by atoms with E-state index in [0.717, 1.165) is 25.0 Å². The molecule has 0 spiro atoms. The SMILES string of the molecule is COc1cc(CCl)cc(NC(=O)c2ccc(Cl)c(N=NC(C(C)=O)C(=O)Nc3ccc(NC(=O)C(N=Nc4cc(C(=O)Nc5cc(CCl)cc(OC)c5)ccc4Cl)C(C)=O)c(CCCl)c3)c2)c1.